The molecule has 1 rings (SSSR count). The van der Waals surface area contributed by atoms with Crippen molar-refractivity contribution in [3.8, 4) is 0 Å². The zero-order chi connectivity index (χ0) is 13.9. The van der Waals surface area contributed by atoms with Crippen molar-refractivity contribution in [3.63, 3.8) is 0 Å². The van der Waals surface area contributed by atoms with Crippen LogP contribution >= 0.6 is 0 Å². The van der Waals surface area contributed by atoms with Gasteiger partial charge in [0.05, 0.1) is 17.7 Å². The predicted octanol–water partition coefficient (Wildman–Crippen LogP) is -1.21. The van der Waals surface area contributed by atoms with Crippen LogP contribution in [0.1, 0.15) is 22.5 Å². The summed E-state index contributed by atoms with van der Waals surface area (Å²) in [5.74, 6) is -2.72. The number of hydrogen-bond donors (Lipinski definition) is 3. The average molecular weight is 254 g/mol. The van der Waals surface area contributed by atoms with Crippen molar-refractivity contribution in [2.24, 2.45) is 12.8 Å². The van der Waals surface area contributed by atoms with Crippen LogP contribution < -0.4 is 11.1 Å². The van der Waals surface area contributed by atoms with E-state index in [-0.39, 0.29) is 5.56 Å². The molecule has 4 N–H and O–H groups in total. The summed E-state index contributed by atoms with van der Waals surface area (Å²) in [6, 6.07) is -1.34. The Bertz CT molecular complexity index is 494. The van der Waals surface area contributed by atoms with Gasteiger partial charge in [-0.05, 0) is 6.92 Å². The van der Waals surface area contributed by atoms with Crippen LogP contribution in [0.4, 0.5) is 0 Å². The first-order chi connectivity index (χ1) is 8.31. The third kappa shape index (κ3) is 3.30. The molecule has 0 fully saturated rings. The highest BCUT2D eigenvalue weighted by Crippen LogP contribution is 2.05. The maximum Gasteiger partial charge on any atom is 0.326 e. The minimum atomic E-state index is -1.34. The highest BCUT2D eigenvalue weighted by Gasteiger charge is 2.24. The Morgan fingerprint density at radius 2 is 2.17 bits per heavy atom. The average Bonchev–Trinajstić information content (AvgIpc) is 2.56. The lowest BCUT2D eigenvalue weighted by Gasteiger charge is -2.12. The van der Waals surface area contributed by atoms with E-state index in [0.717, 1.165) is 0 Å². The molecule has 1 unspecified atom stereocenters. The molecule has 8 nitrogen and oxygen atoms in total. The molecule has 1 aromatic heterocycles. The summed E-state index contributed by atoms with van der Waals surface area (Å²) in [7, 11) is 1.64. The number of amides is 2. The van der Waals surface area contributed by atoms with Crippen molar-refractivity contribution in [2.45, 2.75) is 19.4 Å². The number of carbonyl (C=O) groups is 3. The van der Waals surface area contributed by atoms with E-state index >= 15 is 0 Å². The highest BCUT2D eigenvalue weighted by molar-refractivity contribution is 5.98. The van der Waals surface area contributed by atoms with E-state index in [4.69, 9.17) is 10.8 Å². The monoisotopic (exact) mass is 254 g/mol. The molecule has 0 radical (unpaired) electrons. The number of rotatable bonds is 5. The van der Waals surface area contributed by atoms with Crippen molar-refractivity contribution in [1.82, 2.24) is 15.1 Å². The van der Waals surface area contributed by atoms with Gasteiger partial charge in [-0.15, -0.1) is 0 Å². The van der Waals surface area contributed by atoms with Crippen LogP contribution in [0.25, 0.3) is 0 Å². The second-order valence-electron chi connectivity index (χ2n) is 3.84. The number of nitrogens with two attached hydrogens (primary N) is 1. The Balaban J connectivity index is 2.81. The Morgan fingerprint density at radius 1 is 1.56 bits per heavy atom. The number of hydrogen-bond acceptors (Lipinski definition) is 4. The van der Waals surface area contributed by atoms with E-state index in [0.29, 0.717) is 5.69 Å². The number of carboxylic acids is 1. The van der Waals surface area contributed by atoms with Gasteiger partial charge in [0.1, 0.15) is 6.04 Å². The summed E-state index contributed by atoms with van der Waals surface area (Å²) in [4.78, 5) is 33.3. The minimum absolute atomic E-state index is 0.258. The van der Waals surface area contributed by atoms with Gasteiger partial charge in [0.25, 0.3) is 5.91 Å². The molecule has 0 aromatic carbocycles. The lowest BCUT2D eigenvalue weighted by atomic mass is 10.1. The van der Waals surface area contributed by atoms with Crippen LogP contribution in [0, 0.1) is 6.92 Å². The van der Waals surface area contributed by atoms with Gasteiger partial charge in [-0.1, -0.05) is 0 Å². The molecule has 8 heteroatoms. The van der Waals surface area contributed by atoms with E-state index in [1.807, 2.05) is 0 Å². The molecule has 1 atom stereocenters. The molecule has 98 valence electrons. The van der Waals surface area contributed by atoms with Crippen molar-refractivity contribution in [3.05, 3.63) is 17.5 Å². The quantitative estimate of drug-likeness (QED) is 0.607. The van der Waals surface area contributed by atoms with Gasteiger partial charge in [0.2, 0.25) is 5.91 Å². The van der Waals surface area contributed by atoms with Gasteiger partial charge in [0.15, 0.2) is 0 Å². The number of nitrogens with zero attached hydrogens (tertiary/aromatic N) is 2. The normalized spacial score (nSPS) is 11.9. The molecular formula is C10H14N4O4. The number of nitrogens with one attached hydrogen (secondary N) is 1. The largest absolute Gasteiger partial charge is 0.480 e. The molecule has 18 heavy (non-hydrogen) atoms. The van der Waals surface area contributed by atoms with Gasteiger partial charge in [-0.2, -0.15) is 5.10 Å². The maximum atomic E-state index is 11.8. The van der Waals surface area contributed by atoms with Crippen LogP contribution in [-0.4, -0.2) is 38.7 Å². The number of aromatic nitrogens is 2. The number of aryl methyl sites for hydroxylation is 2. The van der Waals surface area contributed by atoms with Crippen LogP contribution in [0.15, 0.2) is 6.20 Å². The van der Waals surface area contributed by atoms with Crippen LogP contribution in [0.3, 0.4) is 0 Å². The first-order valence-corrected chi connectivity index (χ1v) is 5.13. The second-order valence-corrected chi connectivity index (χ2v) is 3.84. The summed E-state index contributed by atoms with van der Waals surface area (Å²) in [5.41, 5.74) is 5.64. The summed E-state index contributed by atoms with van der Waals surface area (Å²) < 4.78 is 1.44. The molecule has 0 aliphatic heterocycles. The van der Waals surface area contributed by atoms with Gasteiger partial charge in [-0.3, -0.25) is 14.3 Å². The third-order valence-corrected chi connectivity index (χ3v) is 2.27. The molecular weight excluding hydrogens is 240 g/mol. The molecule has 0 aliphatic carbocycles. The van der Waals surface area contributed by atoms with Gasteiger partial charge < -0.3 is 16.2 Å². The van der Waals surface area contributed by atoms with Crippen LogP contribution in [0.2, 0.25) is 0 Å². The first-order valence-electron chi connectivity index (χ1n) is 5.13. The number of carbonyl (C=O) groups excluding carboxylic acids is 2. The standard InChI is InChI=1S/C10H14N4O4/c1-5-6(4-14(2)13-5)9(16)12-7(10(17)18)3-8(11)15/h4,7H,3H2,1-2H3,(H2,11,15)(H,12,16)(H,17,18). The number of aliphatic carboxylic acids is 1. The third-order valence-electron chi connectivity index (χ3n) is 2.27. The van der Waals surface area contributed by atoms with E-state index in [1.165, 1.54) is 10.9 Å². The Morgan fingerprint density at radius 3 is 2.56 bits per heavy atom. The lowest BCUT2D eigenvalue weighted by molar-refractivity contribution is -0.140. The molecule has 0 spiro atoms. The van der Waals surface area contributed by atoms with Crippen molar-refractivity contribution >= 4 is 17.8 Å². The Labute approximate surface area is 103 Å². The smallest absolute Gasteiger partial charge is 0.326 e. The molecule has 1 heterocycles. The lowest BCUT2D eigenvalue weighted by Crippen LogP contribution is -2.43. The fraction of sp³-hybridized carbons (Fsp3) is 0.400. The number of primary amides is 1. The van der Waals surface area contributed by atoms with Crippen molar-refractivity contribution in [2.75, 3.05) is 0 Å². The fourth-order valence-electron chi connectivity index (χ4n) is 1.46. The zero-order valence-electron chi connectivity index (χ0n) is 10.0. The summed E-state index contributed by atoms with van der Waals surface area (Å²) in [6.07, 6.45) is 1.01. The van der Waals surface area contributed by atoms with Crippen molar-refractivity contribution < 1.29 is 19.5 Å². The molecule has 2 amide bonds. The maximum absolute atomic E-state index is 11.8. The predicted molar refractivity (Wildman–Crippen MR) is 60.6 cm³/mol. The van der Waals surface area contributed by atoms with Gasteiger partial charge >= 0.3 is 5.97 Å². The van der Waals surface area contributed by atoms with E-state index in [1.54, 1.807) is 14.0 Å². The SMILES string of the molecule is Cc1nn(C)cc1C(=O)NC(CC(N)=O)C(=O)O. The fourth-order valence-corrected chi connectivity index (χ4v) is 1.46. The minimum Gasteiger partial charge on any atom is -0.480 e. The molecule has 0 saturated carbocycles. The van der Waals surface area contributed by atoms with Crippen LogP contribution in [-0.2, 0) is 16.6 Å². The van der Waals surface area contributed by atoms with Gasteiger partial charge in [0, 0.05) is 13.2 Å². The van der Waals surface area contributed by atoms with Gasteiger partial charge in [-0.25, -0.2) is 4.79 Å². The first kappa shape index (κ1) is 13.7. The summed E-state index contributed by atoms with van der Waals surface area (Å²) in [6.45, 7) is 1.62. The molecule has 0 saturated heterocycles. The zero-order valence-corrected chi connectivity index (χ0v) is 10.0. The molecule has 1 aromatic rings. The van der Waals surface area contributed by atoms with E-state index < -0.39 is 30.2 Å². The highest BCUT2D eigenvalue weighted by atomic mass is 16.4. The summed E-state index contributed by atoms with van der Waals surface area (Å²) in [5, 5.41) is 15.0. The van der Waals surface area contributed by atoms with Crippen LogP contribution in [0.5, 0.6) is 0 Å². The van der Waals surface area contributed by atoms with E-state index in [9.17, 15) is 14.4 Å². The Kier molecular flexibility index (Phi) is 4.03. The topological polar surface area (TPSA) is 127 Å². The molecule has 0 aliphatic rings. The summed E-state index contributed by atoms with van der Waals surface area (Å²) >= 11 is 0. The second kappa shape index (κ2) is 5.30. The van der Waals surface area contributed by atoms with E-state index in [2.05, 4.69) is 10.4 Å². The van der Waals surface area contributed by atoms with Crippen molar-refractivity contribution in [1.29, 1.82) is 0 Å². The molecule has 0 bridgehead atoms. The number of carboxylic acid groups (broad SMARTS) is 1. The Hall–Kier alpha value is -2.38.